The van der Waals surface area contributed by atoms with Gasteiger partial charge in [0.25, 0.3) is 0 Å². The Morgan fingerprint density at radius 3 is 2.26 bits per heavy atom. The average molecular weight is 508 g/mol. The van der Waals surface area contributed by atoms with Gasteiger partial charge in [-0.05, 0) is 63.4 Å². The molecule has 106 valence electrons. The van der Waals surface area contributed by atoms with Crippen molar-refractivity contribution in [1.82, 2.24) is 0 Å². The van der Waals surface area contributed by atoms with Gasteiger partial charge in [-0.25, -0.2) is 4.79 Å². The first-order valence-corrected chi connectivity index (χ1v) is 9.34. The maximum atomic E-state index is 12.0. The molecule has 19 heavy (non-hydrogen) atoms. The monoisotopic (exact) mass is 508 g/mol. The zero-order chi connectivity index (χ0) is 14.5. The molecule has 0 amide bonds. The fourth-order valence-electron chi connectivity index (χ4n) is 1.31. The van der Waals surface area contributed by atoms with Crippen LogP contribution >= 0.6 is 45.2 Å². The molecule has 8 heteroatoms. The van der Waals surface area contributed by atoms with E-state index in [0.29, 0.717) is 5.56 Å². The van der Waals surface area contributed by atoms with Crippen LogP contribution < -0.4 is 0 Å². The molecule has 1 aromatic carbocycles. The summed E-state index contributed by atoms with van der Waals surface area (Å²) >= 11 is 4.24. The fourth-order valence-corrected chi connectivity index (χ4v) is 3.52. The Labute approximate surface area is 140 Å². The zero-order valence-electron chi connectivity index (χ0n) is 10.7. The van der Waals surface area contributed by atoms with Crippen LogP contribution in [0, 0.1) is 7.14 Å². The molecular weight excluding hydrogens is 494 g/mol. The van der Waals surface area contributed by atoms with Crippen molar-refractivity contribution in [2.45, 2.75) is 0 Å². The van der Waals surface area contributed by atoms with Crippen molar-refractivity contribution in [3.8, 4) is 0 Å². The Morgan fingerprint density at radius 2 is 1.74 bits per heavy atom. The van der Waals surface area contributed by atoms with E-state index in [-0.39, 0.29) is 6.23 Å². The van der Waals surface area contributed by atoms with Crippen LogP contribution in [0.4, 0.5) is 0 Å². The normalized spacial score (nSPS) is 11.4. The predicted molar refractivity (Wildman–Crippen MR) is 88.9 cm³/mol. The third-order valence-electron chi connectivity index (χ3n) is 2.46. The van der Waals surface area contributed by atoms with E-state index in [1.807, 2.05) is 12.1 Å². The molecule has 0 saturated carbocycles. The minimum absolute atomic E-state index is 0.0170. The van der Waals surface area contributed by atoms with Crippen LogP contribution in [-0.2, 0) is 18.0 Å². The third-order valence-corrected chi connectivity index (χ3v) is 6.44. The Bertz CT molecular complexity index is 442. The summed E-state index contributed by atoms with van der Waals surface area (Å²) in [6, 6.07) is 5.57. The van der Waals surface area contributed by atoms with Gasteiger partial charge in [0.1, 0.15) is 0 Å². The average Bonchev–Trinajstić information content (AvgIpc) is 2.43. The Morgan fingerprint density at radius 1 is 1.16 bits per heavy atom. The van der Waals surface area contributed by atoms with Crippen LogP contribution in [0.15, 0.2) is 18.2 Å². The lowest BCUT2D eigenvalue weighted by atomic mass is 10.2. The number of hydrogen-bond donors (Lipinski definition) is 0. The molecule has 0 atom stereocenters. The summed E-state index contributed by atoms with van der Waals surface area (Å²) in [6.45, 7) is 0. The van der Waals surface area contributed by atoms with Gasteiger partial charge in [-0.3, -0.25) is 0 Å². The molecular formula is C11H14I2O5Si. The highest BCUT2D eigenvalue weighted by Crippen LogP contribution is 2.18. The van der Waals surface area contributed by atoms with E-state index in [9.17, 15) is 4.79 Å². The number of carbonyl (C=O) groups is 1. The van der Waals surface area contributed by atoms with Crippen molar-refractivity contribution in [3.63, 3.8) is 0 Å². The van der Waals surface area contributed by atoms with Gasteiger partial charge in [0, 0.05) is 28.5 Å². The van der Waals surface area contributed by atoms with E-state index >= 15 is 0 Å². The van der Waals surface area contributed by atoms with Crippen molar-refractivity contribution in [3.05, 3.63) is 30.9 Å². The van der Waals surface area contributed by atoms with Crippen LogP contribution in [0.1, 0.15) is 10.4 Å². The van der Waals surface area contributed by atoms with Gasteiger partial charge >= 0.3 is 14.8 Å². The summed E-state index contributed by atoms with van der Waals surface area (Å²) in [5, 5.41) is 0. The highest BCUT2D eigenvalue weighted by molar-refractivity contribution is 14.1. The van der Waals surface area contributed by atoms with Gasteiger partial charge in [0.05, 0.1) is 5.56 Å². The fraction of sp³-hybridized carbons (Fsp3) is 0.364. The largest absolute Gasteiger partial charge is 0.539 e. The second-order valence-corrected chi connectivity index (χ2v) is 8.78. The first-order chi connectivity index (χ1) is 8.98. The van der Waals surface area contributed by atoms with Crippen LogP contribution in [0.25, 0.3) is 0 Å². The lowest BCUT2D eigenvalue weighted by Gasteiger charge is -2.23. The molecule has 0 fully saturated rings. The van der Waals surface area contributed by atoms with Crippen LogP contribution in [-0.4, -0.2) is 42.3 Å². The molecule has 5 nitrogen and oxygen atoms in total. The summed E-state index contributed by atoms with van der Waals surface area (Å²) < 4.78 is 22.6. The van der Waals surface area contributed by atoms with Crippen molar-refractivity contribution in [2.24, 2.45) is 0 Å². The number of halogens is 2. The molecule has 0 unspecified atom stereocenters. The molecule has 1 aromatic rings. The van der Waals surface area contributed by atoms with E-state index < -0.39 is 14.8 Å². The number of hydrogen-bond acceptors (Lipinski definition) is 5. The summed E-state index contributed by atoms with van der Waals surface area (Å²) in [5.41, 5.74) is 0.527. The minimum Gasteiger partial charge on any atom is -0.457 e. The van der Waals surface area contributed by atoms with Crippen LogP contribution in [0.5, 0.6) is 0 Å². The lowest BCUT2D eigenvalue weighted by Crippen LogP contribution is -2.48. The number of ether oxygens (including phenoxy) is 1. The smallest absolute Gasteiger partial charge is 0.457 e. The van der Waals surface area contributed by atoms with E-state index in [1.165, 1.54) is 21.3 Å². The molecule has 0 saturated heterocycles. The van der Waals surface area contributed by atoms with E-state index in [4.69, 9.17) is 18.0 Å². The van der Waals surface area contributed by atoms with E-state index in [1.54, 1.807) is 6.07 Å². The molecule has 0 radical (unpaired) electrons. The molecule has 0 N–H and O–H groups in total. The Balaban J connectivity index is 2.77. The molecule has 0 bridgehead atoms. The van der Waals surface area contributed by atoms with Crippen molar-refractivity contribution >= 4 is 60.0 Å². The topological polar surface area (TPSA) is 54.0 Å². The predicted octanol–water partition coefficient (Wildman–Crippen LogP) is 2.47. The molecule has 0 heterocycles. The van der Waals surface area contributed by atoms with Crippen molar-refractivity contribution in [1.29, 1.82) is 0 Å². The SMILES string of the molecule is CO[Si](COC(=O)c1cc(I)ccc1I)(OC)OC. The van der Waals surface area contributed by atoms with Crippen molar-refractivity contribution < 1.29 is 22.8 Å². The zero-order valence-corrected chi connectivity index (χ0v) is 16.1. The van der Waals surface area contributed by atoms with Crippen molar-refractivity contribution in [2.75, 3.05) is 27.6 Å². The van der Waals surface area contributed by atoms with Gasteiger partial charge in [0.15, 0.2) is 6.23 Å². The third kappa shape index (κ3) is 4.63. The number of benzene rings is 1. The number of rotatable bonds is 6. The molecule has 0 aliphatic heterocycles. The van der Waals surface area contributed by atoms with Crippen LogP contribution in [0.3, 0.4) is 0 Å². The molecule has 0 aromatic heterocycles. The second-order valence-electron chi connectivity index (χ2n) is 3.50. The van der Waals surface area contributed by atoms with Gasteiger partial charge in [-0.1, -0.05) is 0 Å². The second kappa shape index (κ2) is 7.88. The van der Waals surface area contributed by atoms with Gasteiger partial charge in [-0.2, -0.15) is 0 Å². The molecule has 1 rings (SSSR count). The standard InChI is InChI=1S/C11H14I2O5Si/c1-15-19(16-2,17-3)7-18-11(14)9-6-8(12)4-5-10(9)13/h4-6H,7H2,1-3H3. The van der Waals surface area contributed by atoms with E-state index in [0.717, 1.165) is 7.14 Å². The Hall–Kier alpha value is 0.247. The molecule has 0 spiro atoms. The first kappa shape index (κ1) is 17.3. The maximum absolute atomic E-state index is 12.0. The highest BCUT2D eigenvalue weighted by atomic mass is 127. The summed E-state index contributed by atoms with van der Waals surface area (Å²) in [4.78, 5) is 12.0. The maximum Gasteiger partial charge on any atom is 0.539 e. The molecule has 0 aliphatic carbocycles. The lowest BCUT2D eigenvalue weighted by molar-refractivity contribution is 0.0396. The van der Waals surface area contributed by atoms with Crippen LogP contribution in [0.2, 0.25) is 0 Å². The molecule has 0 aliphatic rings. The first-order valence-electron chi connectivity index (χ1n) is 5.25. The minimum atomic E-state index is -2.89. The number of carbonyl (C=O) groups excluding carboxylic acids is 1. The van der Waals surface area contributed by atoms with Gasteiger partial charge < -0.3 is 18.0 Å². The quantitative estimate of drug-likeness (QED) is 0.336. The summed E-state index contributed by atoms with van der Waals surface area (Å²) in [5.74, 6) is -0.411. The number of esters is 1. The Kier molecular flexibility index (Phi) is 7.17. The summed E-state index contributed by atoms with van der Waals surface area (Å²) in [6.07, 6.45) is -0.0170. The van der Waals surface area contributed by atoms with Gasteiger partial charge in [-0.15, -0.1) is 0 Å². The van der Waals surface area contributed by atoms with E-state index in [2.05, 4.69) is 45.2 Å². The summed E-state index contributed by atoms with van der Waals surface area (Å²) in [7, 11) is 1.53. The highest BCUT2D eigenvalue weighted by Gasteiger charge is 2.40. The van der Waals surface area contributed by atoms with Gasteiger partial charge in [0.2, 0.25) is 0 Å².